The first-order valence-corrected chi connectivity index (χ1v) is 7.54. The molecule has 0 bridgehead atoms. The quantitative estimate of drug-likeness (QED) is 0.819. The third kappa shape index (κ3) is 3.72. The Labute approximate surface area is 126 Å². The predicted molar refractivity (Wildman–Crippen MR) is 81.2 cm³/mol. The summed E-state index contributed by atoms with van der Waals surface area (Å²) in [5.74, 6) is 0.293. The SMILES string of the molecule is CC(NC(=O)c1cccc(CCl)c1)c1ccc(Cl)s1. The summed E-state index contributed by atoms with van der Waals surface area (Å²) in [5, 5.41) is 2.95. The van der Waals surface area contributed by atoms with Gasteiger partial charge in [0.25, 0.3) is 5.91 Å². The number of hydrogen-bond acceptors (Lipinski definition) is 2. The molecule has 1 N–H and O–H groups in total. The highest BCUT2D eigenvalue weighted by atomic mass is 35.5. The highest BCUT2D eigenvalue weighted by molar-refractivity contribution is 7.16. The van der Waals surface area contributed by atoms with Crippen molar-refractivity contribution in [1.82, 2.24) is 5.32 Å². The molecule has 1 unspecified atom stereocenters. The monoisotopic (exact) mass is 313 g/mol. The van der Waals surface area contributed by atoms with E-state index < -0.39 is 0 Å². The van der Waals surface area contributed by atoms with Crippen molar-refractivity contribution in [3.63, 3.8) is 0 Å². The fourth-order valence-electron chi connectivity index (χ4n) is 1.71. The molecule has 1 amide bonds. The molecule has 2 aromatic rings. The van der Waals surface area contributed by atoms with E-state index in [2.05, 4.69) is 5.32 Å². The second-order valence-corrected chi connectivity index (χ2v) is 6.18. The van der Waals surface area contributed by atoms with Crippen LogP contribution in [0.25, 0.3) is 0 Å². The van der Waals surface area contributed by atoms with E-state index in [0.29, 0.717) is 11.4 Å². The van der Waals surface area contributed by atoms with Crippen LogP contribution in [0.2, 0.25) is 4.34 Å². The largest absolute Gasteiger partial charge is 0.345 e. The lowest BCUT2D eigenvalue weighted by Crippen LogP contribution is -2.26. The molecule has 100 valence electrons. The van der Waals surface area contributed by atoms with Gasteiger partial charge in [0.2, 0.25) is 0 Å². The molecule has 0 radical (unpaired) electrons. The van der Waals surface area contributed by atoms with Crippen molar-refractivity contribution < 1.29 is 4.79 Å². The fourth-order valence-corrected chi connectivity index (χ4v) is 2.94. The lowest BCUT2D eigenvalue weighted by Gasteiger charge is -2.12. The predicted octanol–water partition coefficient (Wildman–Crippen LogP) is 4.63. The van der Waals surface area contributed by atoms with Gasteiger partial charge >= 0.3 is 0 Å². The lowest BCUT2D eigenvalue weighted by molar-refractivity contribution is 0.0940. The lowest BCUT2D eigenvalue weighted by atomic mass is 10.1. The average Bonchev–Trinajstić information content (AvgIpc) is 2.85. The van der Waals surface area contributed by atoms with Gasteiger partial charge in [0.1, 0.15) is 0 Å². The first-order chi connectivity index (χ1) is 9.10. The number of amides is 1. The second kappa shape index (κ2) is 6.42. The molecule has 1 aromatic carbocycles. The first kappa shape index (κ1) is 14.4. The van der Waals surface area contributed by atoms with E-state index in [1.54, 1.807) is 12.1 Å². The highest BCUT2D eigenvalue weighted by Gasteiger charge is 2.13. The van der Waals surface area contributed by atoms with Gasteiger partial charge in [0.05, 0.1) is 10.4 Å². The van der Waals surface area contributed by atoms with Gasteiger partial charge < -0.3 is 5.32 Å². The van der Waals surface area contributed by atoms with Crippen LogP contribution in [-0.2, 0) is 5.88 Å². The summed E-state index contributed by atoms with van der Waals surface area (Å²) in [6, 6.07) is 11.0. The summed E-state index contributed by atoms with van der Waals surface area (Å²) in [4.78, 5) is 13.2. The van der Waals surface area contributed by atoms with E-state index >= 15 is 0 Å². The van der Waals surface area contributed by atoms with Gasteiger partial charge in [-0.15, -0.1) is 22.9 Å². The summed E-state index contributed by atoms with van der Waals surface area (Å²) in [7, 11) is 0. The Morgan fingerprint density at radius 2 is 2.16 bits per heavy atom. The zero-order valence-electron chi connectivity index (χ0n) is 10.3. The standard InChI is InChI=1S/C14H13Cl2NOS/c1-9(12-5-6-13(16)19-12)17-14(18)11-4-2-3-10(7-11)8-15/h2-7,9H,8H2,1H3,(H,17,18). The van der Waals surface area contributed by atoms with Crippen LogP contribution >= 0.6 is 34.5 Å². The van der Waals surface area contributed by atoms with E-state index in [1.165, 1.54) is 11.3 Å². The number of halogens is 2. The van der Waals surface area contributed by atoms with Crippen LogP contribution in [0.4, 0.5) is 0 Å². The van der Waals surface area contributed by atoms with Crippen LogP contribution in [0, 0.1) is 0 Å². The number of carbonyl (C=O) groups excluding carboxylic acids is 1. The molecule has 2 nitrogen and oxygen atoms in total. The van der Waals surface area contributed by atoms with Crippen LogP contribution in [-0.4, -0.2) is 5.91 Å². The van der Waals surface area contributed by atoms with E-state index in [4.69, 9.17) is 23.2 Å². The summed E-state index contributed by atoms with van der Waals surface area (Å²) in [6.45, 7) is 1.94. The molecular weight excluding hydrogens is 301 g/mol. The van der Waals surface area contributed by atoms with Crippen molar-refractivity contribution in [1.29, 1.82) is 0 Å². The van der Waals surface area contributed by atoms with Gasteiger partial charge in [0, 0.05) is 16.3 Å². The fraction of sp³-hybridized carbons (Fsp3) is 0.214. The molecule has 1 atom stereocenters. The van der Waals surface area contributed by atoms with E-state index in [0.717, 1.165) is 14.8 Å². The second-order valence-electron chi connectivity index (χ2n) is 4.17. The third-order valence-electron chi connectivity index (χ3n) is 2.71. The maximum atomic E-state index is 12.1. The van der Waals surface area contributed by atoms with Gasteiger partial charge in [-0.2, -0.15) is 0 Å². The molecule has 19 heavy (non-hydrogen) atoms. The number of benzene rings is 1. The van der Waals surface area contributed by atoms with Crippen LogP contribution in [0.1, 0.15) is 33.8 Å². The van der Waals surface area contributed by atoms with Gasteiger partial charge in [-0.1, -0.05) is 23.7 Å². The van der Waals surface area contributed by atoms with Gasteiger partial charge in [-0.3, -0.25) is 4.79 Å². The summed E-state index contributed by atoms with van der Waals surface area (Å²) in [6.07, 6.45) is 0. The minimum Gasteiger partial charge on any atom is -0.345 e. The minimum atomic E-state index is -0.107. The molecule has 0 aliphatic rings. The molecule has 0 aliphatic carbocycles. The Hall–Kier alpha value is -1.03. The Kier molecular flexibility index (Phi) is 4.86. The molecule has 0 fully saturated rings. The maximum absolute atomic E-state index is 12.1. The van der Waals surface area contributed by atoms with E-state index in [-0.39, 0.29) is 11.9 Å². The smallest absolute Gasteiger partial charge is 0.251 e. The van der Waals surface area contributed by atoms with Crippen molar-refractivity contribution in [2.24, 2.45) is 0 Å². The number of alkyl halides is 1. The Balaban J connectivity index is 2.08. The minimum absolute atomic E-state index is 0.0651. The number of rotatable bonds is 4. The average molecular weight is 314 g/mol. The van der Waals surface area contributed by atoms with Gasteiger partial charge in [-0.25, -0.2) is 0 Å². The maximum Gasteiger partial charge on any atom is 0.251 e. The molecule has 1 heterocycles. The Morgan fingerprint density at radius 3 is 2.79 bits per heavy atom. The molecule has 0 spiro atoms. The number of nitrogens with one attached hydrogen (secondary N) is 1. The first-order valence-electron chi connectivity index (χ1n) is 5.81. The third-order valence-corrected chi connectivity index (χ3v) is 4.43. The van der Waals surface area contributed by atoms with Crippen molar-refractivity contribution in [3.05, 3.63) is 56.7 Å². The highest BCUT2D eigenvalue weighted by Crippen LogP contribution is 2.26. The topological polar surface area (TPSA) is 29.1 Å². The van der Waals surface area contributed by atoms with E-state index in [1.807, 2.05) is 31.2 Å². The van der Waals surface area contributed by atoms with Crippen molar-refractivity contribution in [2.75, 3.05) is 0 Å². The van der Waals surface area contributed by atoms with Crippen molar-refractivity contribution in [3.8, 4) is 0 Å². The van der Waals surface area contributed by atoms with Crippen molar-refractivity contribution >= 4 is 40.4 Å². The zero-order valence-corrected chi connectivity index (χ0v) is 12.6. The molecule has 5 heteroatoms. The van der Waals surface area contributed by atoms with Gasteiger partial charge in [-0.05, 0) is 36.8 Å². The normalized spacial score (nSPS) is 12.2. The zero-order chi connectivity index (χ0) is 13.8. The van der Waals surface area contributed by atoms with Crippen LogP contribution < -0.4 is 5.32 Å². The Bertz CT molecular complexity index is 582. The summed E-state index contributed by atoms with van der Waals surface area (Å²) < 4.78 is 0.722. The Morgan fingerprint density at radius 1 is 1.37 bits per heavy atom. The molecular formula is C14H13Cl2NOS. The van der Waals surface area contributed by atoms with Crippen molar-refractivity contribution in [2.45, 2.75) is 18.8 Å². The van der Waals surface area contributed by atoms with Crippen LogP contribution in [0.3, 0.4) is 0 Å². The van der Waals surface area contributed by atoms with Crippen LogP contribution in [0.15, 0.2) is 36.4 Å². The molecule has 0 saturated carbocycles. The van der Waals surface area contributed by atoms with E-state index in [9.17, 15) is 4.79 Å². The summed E-state index contributed by atoms with van der Waals surface area (Å²) >= 11 is 13.1. The molecule has 1 aromatic heterocycles. The number of hydrogen-bond donors (Lipinski definition) is 1. The van der Waals surface area contributed by atoms with Crippen LogP contribution in [0.5, 0.6) is 0 Å². The molecule has 0 saturated heterocycles. The number of thiophene rings is 1. The van der Waals surface area contributed by atoms with Gasteiger partial charge in [0.15, 0.2) is 0 Å². The summed E-state index contributed by atoms with van der Waals surface area (Å²) in [5.41, 5.74) is 1.55. The number of carbonyl (C=O) groups is 1. The molecule has 0 aliphatic heterocycles. The molecule has 2 rings (SSSR count).